The second-order valence-electron chi connectivity index (χ2n) is 7.40. The summed E-state index contributed by atoms with van der Waals surface area (Å²) in [5.74, 6) is -1.42. The highest BCUT2D eigenvalue weighted by atomic mass is 32.2. The number of carbonyl (C=O) groups is 1. The van der Waals surface area contributed by atoms with E-state index in [1.807, 2.05) is 12.1 Å². The van der Waals surface area contributed by atoms with Crippen LogP contribution in [0.2, 0.25) is 0 Å². The molecule has 31 heavy (non-hydrogen) atoms. The molecule has 1 heterocycles. The molecule has 0 spiro atoms. The zero-order chi connectivity index (χ0) is 22.4. The Kier molecular flexibility index (Phi) is 7.64. The lowest BCUT2D eigenvalue weighted by Gasteiger charge is -2.28. The Hall–Kier alpha value is -2.49. The zero-order valence-corrected chi connectivity index (χ0v) is 18.6. The summed E-state index contributed by atoms with van der Waals surface area (Å²) in [6.07, 6.45) is 0. The molecule has 1 fully saturated rings. The average Bonchev–Trinajstić information content (AvgIpc) is 2.79. The minimum absolute atomic E-state index is 0.0749. The maximum Gasteiger partial charge on any atom is 0.337 e. The molecular weight excluding hydrogens is 421 g/mol. The number of ether oxygens (including phenoxy) is 1. The van der Waals surface area contributed by atoms with Gasteiger partial charge in [-0.1, -0.05) is 18.2 Å². The number of benzene rings is 2. The highest BCUT2D eigenvalue weighted by Crippen LogP contribution is 2.24. The number of hydrogen-bond acceptors (Lipinski definition) is 6. The third kappa shape index (κ3) is 5.81. The van der Waals surface area contributed by atoms with Crippen molar-refractivity contribution in [1.82, 2.24) is 10.2 Å². The van der Waals surface area contributed by atoms with Gasteiger partial charge in [0.25, 0.3) is 0 Å². The summed E-state index contributed by atoms with van der Waals surface area (Å²) < 4.78 is 45.9. The summed E-state index contributed by atoms with van der Waals surface area (Å²) in [5.41, 5.74) is 1.82. The summed E-state index contributed by atoms with van der Waals surface area (Å²) >= 11 is 0. The van der Waals surface area contributed by atoms with Gasteiger partial charge in [0.2, 0.25) is 10.0 Å². The molecule has 7 nitrogen and oxygen atoms in total. The number of nitrogens with zero attached hydrogens (tertiary/aromatic N) is 2. The summed E-state index contributed by atoms with van der Waals surface area (Å²) in [4.78, 5) is 13.9. The van der Waals surface area contributed by atoms with E-state index in [1.165, 1.54) is 23.5 Å². The Labute approximate surface area is 182 Å². The Bertz CT molecular complexity index is 1010. The van der Waals surface area contributed by atoms with Crippen molar-refractivity contribution < 1.29 is 22.3 Å². The molecule has 0 aromatic heterocycles. The predicted octanol–water partition coefficient (Wildman–Crippen LogP) is 2.37. The second kappa shape index (κ2) is 10.2. The molecule has 168 valence electrons. The van der Waals surface area contributed by atoms with E-state index >= 15 is 0 Å². The molecule has 1 saturated heterocycles. The number of sulfonamides is 1. The highest BCUT2D eigenvalue weighted by molar-refractivity contribution is 7.92. The number of nitrogens with one attached hydrogen (secondary N) is 1. The van der Waals surface area contributed by atoms with Crippen molar-refractivity contribution in [3.8, 4) is 0 Å². The van der Waals surface area contributed by atoms with Gasteiger partial charge in [0.1, 0.15) is 5.82 Å². The number of carbonyl (C=O) groups excluding carboxylic acids is 1. The van der Waals surface area contributed by atoms with Crippen molar-refractivity contribution >= 4 is 21.7 Å². The fourth-order valence-electron chi connectivity index (χ4n) is 3.48. The Morgan fingerprint density at radius 2 is 1.84 bits per heavy atom. The van der Waals surface area contributed by atoms with Crippen LogP contribution in [0.3, 0.4) is 0 Å². The quantitative estimate of drug-likeness (QED) is 0.624. The smallest absolute Gasteiger partial charge is 0.337 e. The van der Waals surface area contributed by atoms with Gasteiger partial charge >= 0.3 is 5.97 Å². The van der Waals surface area contributed by atoms with E-state index < -0.39 is 21.8 Å². The minimum atomic E-state index is -3.64. The molecule has 2 aromatic carbocycles. The average molecular weight is 450 g/mol. The van der Waals surface area contributed by atoms with Gasteiger partial charge in [0.05, 0.1) is 30.7 Å². The Morgan fingerprint density at radius 1 is 1.16 bits per heavy atom. The van der Waals surface area contributed by atoms with E-state index in [1.54, 1.807) is 19.1 Å². The van der Waals surface area contributed by atoms with E-state index in [2.05, 4.69) is 15.0 Å². The molecule has 3 rings (SSSR count). The summed E-state index contributed by atoms with van der Waals surface area (Å²) in [7, 11) is -2.43. The van der Waals surface area contributed by atoms with E-state index in [0.717, 1.165) is 44.4 Å². The normalized spacial score (nSPS) is 14.9. The number of hydrogen-bond donors (Lipinski definition) is 1. The van der Waals surface area contributed by atoms with Gasteiger partial charge in [0.15, 0.2) is 0 Å². The van der Waals surface area contributed by atoms with E-state index in [4.69, 9.17) is 0 Å². The van der Waals surface area contributed by atoms with E-state index in [0.29, 0.717) is 5.69 Å². The number of anilines is 1. The predicted molar refractivity (Wildman–Crippen MR) is 118 cm³/mol. The van der Waals surface area contributed by atoms with Crippen molar-refractivity contribution in [1.29, 1.82) is 0 Å². The molecule has 9 heteroatoms. The maximum atomic E-state index is 14.6. The number of methoxy groups -OCH3 is 1. The van der Waals surface area contributed by atoms with E-state index in [-0.39, 0.29) is 23.4 Å². The first kappa shape index (κ1) is 23.2. The van der Waals surface area contributed by atoms with Crippen molar-refractivity contribution in [3.63, 3.8) is 0 Å². The molecule has 1 aliphatic rings. The highest BCUT2D eigenvalue weighted by Gasteiger charge is 2.23. The maximum absolute atomic E-state index is 14.6. The molecular formula is C22H28FN3O4S. The fourth-order valence-corrected chi connectivity index (χ4v) is 4.57. The SMILES string of the molecule is CCS(=O)(=O)N(Cc1ccc(C(=O)OC)cc1F)c1ccc(CN2CCNCC2)cc1. The summed E-state index contributed by atoms with van der Waals surface area (Å²) in [6.45, 7) is 6.05. The number of rotatable bonds is 8. The molecule has 0 bridgehead atoms. The van der Waals surface area contributed by atoms with Gasteiger partial charge < -0.3 is 10.1 Å². The topological polar surface area (TPSA) is 79.0 Å². The monoisotopic (exact) mass is 449 g/mol. The van der Waals surface area contributed by atoms with Crippen molar-refractivity contribution in [2.24, 2.45) is 0 Å². The lowest BCUT2D eigenvalue weighted by Crippen LogP contribution is -2.42. The van der Waals surface area contributed by atoms with Crippen LogP contribution in [0, 0.1) is 5.82 Å². The largest absolute Gasteiger partial charge is 0.465 e. The fraction of sp³-hybridized carbons (Fsp3) is 0.409. The third-order valence-corrected chi connectivity index (χ3v) is 7.07. The van der Waals surface area contributed by atoms with Crippen molar-refractivity contribution in [3.05, 3.63) is 65.0 Å². The summed E-state index contributed by atoms with van der Waals surface area (Å²) in [5, 5.41) is 3.32. The number of esters is 1. The first-order valence-corrected chi connectivity index (χ1v) is 11.8. The van der Waals surface area contributed by atoms with Crippen LogP contribution < -0.4 is 9.62 Å². The van der Waals surface area contributed by atoms with Crippen LogP contribution in [0.1, 0.15) is 28.4 Å². The van der Waals surface area contributed by atoms with Crippen LogP contribution in [0.5, 0.6) is 0 Å². The van der Waals surface area contributed by atoms with Crippen LogP contribution in [0.4, 0.5) is 10.1 Å². The molecule has 0 atom stereocenters. The minimum Gasteiger partial charge on any atom is -0.465 e. The van der Waals surface area contributed by atoms with Gasteiger partial charge in [-0.2, -0.15) is 0 Å². The van der Waals surface area contributed by atoms with Gasteiger partial charge in [0, 0.05) is 38.3 Å². The lowest BCUT2D eigenvalue weighted by atomic mass is 10.1. The molecule has 0 saturated carbocycles. The van der Waals surface area contributed by atoms with Crippen molar-refractivity contribution in [2.75, 3.05) is 43.3 Å². The molecule has 0 radical (unpaired) electrons. The lowest BCUT2D eigenvalue weighted by molar-refractivity contribution is 0.0600. The van der Waals surface area contributed by atoms with Crippen LogP contribution in [-0.4, -0.2) is 58.3 Å². The second-order valence-corrected chi connectivity index (χ2v) is 9.58. The van der Waals surface area contributed by atoms with Crippen LogP contribution in [0.25, 0.3) is 0 Å². The first-order chi connectivity index (χ1) is 14.8. The Morgan fingerprint density at radius 3 is 2.42 bits per heavy atom. The number of halogens is 1. The van der Waals surface area contributed by atoms with Crippen LogP contribution in [0.15, 0.2) is 42.5 Å². The standard InChI is InChI=1S/C22H28FN3O4S/c1-3-31(28,29)26(16-19-7-6-18(14-21(19)23)22(27)30-2)20-8-4-17(5-9-20)15-25-12-10-24-11-13-25/h4-9,14,24H,3,10-13,15-16H2,1-2H3. The van der Waals surface area contributed by atoms with Gasteiger partial charge in [-0.05, 0) is 36.8 Å². The summed E-state index contributed by atoms with van der Waals surface area (Å²) in [6, 6.07) is 11.2. The van der Waals surface area contributed by atoms with Crippen LogP contribution >= 0.6 is 0 Å². The molecule has 0 amide bonds. The van der Waals surface area contributed by atoms with E-state index in [9.17, 15) is 17.6 Å². The Balaban J connectivity index is 1.82. The van der Waals surface area contributed by atoms with Crippen LogP contribution in [-0.2, 0) is 27.8 Å². The first-order valence-electron chi connectivity index (χ1n) is 10.2. The zero-order valence-electron chi connectivity index (χ0n) is 17.8. The molecule has 1 aliphatic heterocycles. The molecule has 1 N–H and O–H groups in total. The van der Waals surface area contributed by atoms with Gasteiger partial charge in [-0.3, -0.25) is 9.21 Å². The van der Waals surface area contributed by atoms with Gasteiger partial charge in [-0.25, -0.2) is 17.6 Å². The molecule has 2 aromatic rings. The third-order valence-electron chi connectivity index (χ3n) is 5.33. The molecule has 0 aliphatic carbocycles. The molecule has 0 unspecified atom stereocenters. The van der Waals surface area contributed by atoms with Gasteiger partial charge in [-0.15, -0.1) is 0 Å². The number of piperazine rings is 1. The van der Waals surface area contributed by atoms with Crippen molar-refractivity contribution in [2.45, 2.75) is 20.0 Å².